The average molecular weight is 418 g/mol. The quantitative estimate of drug-likeness (QED) is 0.552. The molecule has 1 aromatic heterocycles. The molecule has 3 aromatic rings. The van der Waals surface area contributed by atoms with Crippen LogP contribution >= 0.6 is 0 Å². The number of anilines is 1. The second-order valence-corrected chi connectivity index (χ2v) is 8.11. The monoisotopic (exact) mass is 417 g/mol. The fraction of sp³-hybridized carbons (Fsp3) is 0.320. The number of carbonyl (C=O) groups excluding carboxylic acids is 2. The maximum Gasteiger partial charge on any atom is 0.309 e. The first-order chi connectivity index (χ1) is 14.9. The third-order valence-electron chi connectivity index (χ3n) is 5.45. The van der Waals surface area contributed by atoms with Gasteiger partial charge in [0.1, 0.15) is 0 Å². The Bertz CT molecular complexity index is 1140. The predicted molar refractivity (Wildman–Crippen MR) is 121 cm³/mol. The molecule has 4 rings (SSSR count). The van der Waals surface area contributed by atoms with Gasteiger partial charge in [0.25, 0.3) is 0 Å². The lowest BCUT2D eigenvalue weighted by Crippen LogP contribution is -2.09. The Kier molecular flexibility index (Phi) is 5.63. The van der Waals surface area contributed by atoms with E-state index in [0.717, 1.165) is 52.2 Å². The standard InChI is InChI=1S/C25H27N3O3/c1-5-22(30)26-20-12-10-18(11-13-20)23-24(19-8-9-19)27-28(25(23)31-17(4)29)21-14-15(2)6-7-16(21)3/h6-7,10-14,19H,5,8-9H2,1-4H3,(H,26,30). The molecule has 0 spiro atoms. The largest absolute Gasteiger partial charge is 0.407 e. The Morgan fingerprint density at radius 1 is 1.13 bits per heavy atom. The first-order valence-electron chi connectivity index (χ1n) is 10.7. The Labute approximate surface area is 182 Å². The van der Waals surface area contributed by atoms with Crippen molar-refractivity contribution in [2.75, 3.05) is 5.32 Å². The number of aryl methyl sites for hydroxylation is 2. The highest BCUT2D eigenvalue weighted by Gasteiger charge is 2.34. The number of esters is 1. The van der Waals surface area contributed by atoms with Gasteiger partial charge in [-0.2, -0.15) is 9.78 Å². The zero-order valence-corrected chi connectivity index (χ0v) is 18.4. The highest BCUT2D eigenvalue weighted by Crippen LogP contribution is 2.48. The van der Waals surface area contributed by atoms with Crippen molar-refractivity contribution < 1.29 is 14.3 Å². The molecule has 1 aliphatic carbocycles. The molecule has 6 heteroatoms. The number of carbonyl (C=O) groups is 2. The number of hydrogen-bond acceptors (Lipinski definition) is 4. The van der Waals surface area contributed by atoms with Crippen LogP contribution < -0.4 is 10.1 Å². The summed E-state index contributed by atoms with van der Waals surface area (Å²) in [5, 5.41) is 7.79. The summed E-state index contributed by atoms with van der Waals surface area (Å²) in [6.07, 6.45) is 2.56. The third kappa shape index (κ3) is 4.38. The molecule has 1 N–H and O–H groups in total. The summed E-state index contributed by atoms with van der Waals surface area (Å²) < 4.78 is 7.51. The zero-order chi connectivity index (χ0) is 22.1. The molecule has 31 heavy (non-hydrogen) atoms. The Morgan fingerprint density at radius 2 is 1.84 bits per heavy atom. The van der Waals surface area contributed by atoms with Gasteiger partial charge in [-0.25, -0.2) is 0 Å². The maximum absolute atomic E-state index is 12.0. The highest BCUT2D eigenvalue weighted by molar-refractivity contribution is 5.91. The molecular formula is C25H27N3O3. The topological polar surface area (TPSA) is 73.2 Å². The lowest BCUT2D eigenvalue weighted by Gasteiger charge is -2.12. The Hall–Kier alpha value is -3.41. The number of nitrogens with one attached hydrogen (secondary N) is 1. The van der Waals surface area contributed by atoms with Crippen LogP contribution in [0.2, 0.25) is 0 Å². The molecule has 0 aliphatic heterocycles. The number of ether oxygens (including phenoxy) is 1. The fourth-order valence-electron chi connectivity index (χ4n) is 3.64. The molecule has 0 radical (unpaired) electrons. The van der Waals surface area contributed by atoms with Gasteiger partial charge in [0.05, 0.1) is 16.9 Å². The van der Waals surface area contributed by atoms with Crippen molar-refractivity contribution in [3.8, 4) is 22.7 Å². The molecule has 0 unspecified atom stereocenters. The van der Waals surface area contributed by atoms with Crippen LogP contribution in [0.15, 0.2) is 42.5 Å². The van der Waals surface area contributed by atoms with Gasteiger partial charge in [0.15, 0.2) is 0 Å². The molecule has 0 bridgehead atoms. The van der Waals surface area contributed by atoms with E-state index < -0.39 is 0 Å². The van der Waals surface area contributed by atoms with Crippen molar-refractivity contribution in [3.05, 3.63) is 59.3 Å². The minimum atomic E-state index is -0.387. The van der Waals surface area contributed by atoms with E-state index in [1.807, 2.05) is 51.1 Å². The van der Waals surface area contributed by atoms with Gasteiger partial charge in [-0.1, -0.05) is 31.2 Å². The van der Waals surface area contributed by atoms with Gasteiger partial charge in [-0.3, -0.25) is 9.59 Å². The minimum Gasteiger partial charge on any atom is -0.407 e. The van der Waals surface area contributed by atoms with E-state index >= 15 is 0 Å². The molecule has 2 aromatic carbocycles. The summed E-state index contributed by atoms with van der Waals surface area (Å²) in [5.74, 6) is 0.375. The van der Waals surface area contributed by atoms with Gasteiger partial charge in [-0.15, -0.1) is 0 Å². The van der Waals surface area contributed by atoms with Gasteiger partial charge < -0.3 is 10.1 Å². The highest BCUT2D eigenvalue weighted by atomic mass is 16.5. The van der Waals surface area contributed by atoms with Crippen molar-refractivity contribution in [2.24, 2.45) is 0 Å². The number of hydrogen-bond donors (Lipinski definition) is 1. The van der Waals surface area contributed by atoms with E-state index in [0.29, 0.717) is 18.2 Å². The second-order valence-electron chi connectivity index (χ2n) is 8.11. The van der Waals surface area contributed by atoms with Crippen molar-refractivity contribution in [2.45, 2.75) is 52.9 Å². The van der Waals surface area contributed by atoms with Gasteiger partial charge in [-0.05, 0) is 61.6 Å². The molecule has 1 heterocycles. The molecule has 1 amide bonds. The smallest absolute Gasteiger partial charge is 0.309 e. The Morgan fingerprint density at radius 3 is 2.45 bits per heavy atom. The van der Waals surface area contributed by atoms with E-state index in [9.17, 15) is 9.59 Å². The lowest BCUT2D eigenvalue weighted by atomic mass is 10.0. The first-order valence-corrected chi connectivity index (χ1v) is 10.7. The van der Waals surface area contributed by atoms with Crippen LogP contribution in [0.25, 0.3) is 16.8 Å². The van der Waals surface area contributed by atoms with Crippen LogP contribution in [0.4, 0.5) is 5.69 Å². The molecule has 6 nitrogen and oxygen atoms in total. The molecule has 1 fully saturated rings. The van der Waals surface area contributed by atoms with Gasteiger partial charge in [0, 0.05) is 24.9 Å². The molecule has 1 aliphatic rings. The number of benzene rings is 2. The number of nitrogens with zero attached hydrogens (tertiary/aromatic N) is 2. The third-order valence-corrected chi connectivity index (χ3v) is 5.45. The summed E-state index contributed by atoms with van der Waals surface area (Å²) in [7, 11) is 0. The van der Waals surface area contributed by atoms with Crippen molar-refractivity contribution >= 4 is 17.6 Å². The van der Waals surface area contributed by atoms with Crippen LogP contribution in [0.5, 0.6) is 5.88 Å². The fourth-order valence-corrected chi connectivity index (χ4v) is 3.64. The van der Waals surface area contributed by atoms with E-state index in [1.54, 1.807) is 4.68 Å². The summed E-state index contributed by atoms with van der Waals surface area (Å²) in [6.45, 7) is 7.28. The molecule has 160 valence electrons. The minimum absolute atomic E-state index is 0.0326. The lowest BCUT2D eigenvalue weighted by molar-refractivity contribution is -0.132. The van der Waals surface area contributed by atoms with Gasteiger partial charge >= 0.3 is 5.97 Å². The van der Waals surface area contributed by atoms with Crippen LogP contribution in [-0.2, 0) is 9.59 Å². The molecular weight excluding hydrogens is 390 g/mol. The second kappa shape index (κ2) is 8.38. The summed E-state index contributed by atoms with van der Waals surface area (Å²) in [4.78, 5) is 23.7. The van der Waals surface area contributed by atoms with Crippen molar-refractivity contribution in [1.82, 2.24) is 9.78 Å². The first kappa shape index (κ1) is 20.8. The number of rotatable bonds is 6. The van der Waals surface area contributed by atoms with Crippen LogP contribution in [0.3, 0.4) is 0 Å². The van der Waals surface area contributed by atoms with E-state index in [1.165, 1.54) is 6.92 Å². The summed E-state index contributed by atoms with van der Waals surface area (Å²) in [5.41, 5.74) is 6.48. The van der Waals surface area contributed by atoms with E-state index in [-0.39, 0.29) is 11.9 Å². The van der Waals surface area contributed by atoms with E-state index in [2.05, 4.69) is 17.4 Å². The Balaban J connectivity index is 1.86. The van der Waals surface area contributed by atoms with Crippen LogP contribution in [0.1, 0.15) is 55.8 Å². The normalized spacial score (nSPS) is 13.2. The summed E-state index contributed by atoms with van der Waals surface area (Å²) in [6, 6.07) is 13.8. The van der Waals surface area contributed by atoms with Crippen LogP contribution in [-0.4, -0.2) is 21.7 Å². The zero-order valence-electron chi connectivity index (χ0n) is 18.4. The van der Waals surface area contributed by atoms with Crippen molar-refractivity contribution in [1.29, 1.82) is 0 Å². The van der Waals surface area contributed by atoms with Crippen molar-refractivity contribution in [3.63, 3.8) is 0 Å². The molecule has 1 saturated carbocycles. The maximum atomic E-state index is 12.0. The average Bonchev–Trinajstić information content (AvgIpc) is 3.52. The summed E-state index contributed by atoms with van der Waals surface area (Å²) >= 11 is 0. The van der Waals surface area contributed by atoms with Gasteiger partial charge in [0.2, 0.25) is 11.8 Å². The SMILES string of the molecule is CCC(=O)Nc1ccc(-c2c(C3CC3)nn(-c3cc(C)ccc3C)c2OC(C)=O)cc1. The molecule has 0 atom stereocenters. The predicted octanol–water partition coefficient (Wildman–Crippen LogP) is 5.31. The number of aromatic nitrogens is 2. The molecule has 0 saturated heterocycles. The van der Waals surface area contributed by atoms with E-state index in [4.69, 9.17) is 9.84 Å². The van der Waals surface area contributed by atoms with Crippen LogP contribution in [0, 0.1) is 13.8 Å². The number of amides is 1.